The Labute approximate surface area is 98.7 Å². The number of aliphatic hydroxyl groups excluding tert-OH is 1. The summed E-state index contributed by atoms with van der Waals surface area (Å²) < 4.78 is 0. The maximum absolute atomic E-state index is 10.1. The van der Waals surface area contributed by atoms with E-state index in [2.05, 4.69) is 44.3 Å². The first-order valence-electron chi connectivity index (χ1n) is 6.11. The zero-order chi connectivity index (χ0) is 12.0. The average Bonchev–Trinajstić information content (AvgIpc) is 2.27. The highest BCUT2D eigenvalue weighted by Crippen LogP contribution is 2.21. The quantitative estimate of drug-likeness (QED) is 0.724. The van der Waals surface area contributed by atoms with E-state index >= 15 is 0 Å². The predicted molar refractivity (Wildman–Crippen MR) is 68.7 cm³/mol. The van der Waals surface area contributed by atoms with Crippen molar-refractivity contribution in [2.45, 2.75) is 39.7 Å². The molecule has 2 nitrogen and oxygen atoms in total. The second-order valence-corrected chi connectivity index (χ2v) is 4.41. The Hall–Kier alpha value is -0.860. The van der Waals surface area contributed by atoms with Crippen LogP contribution in [-0.2, 0) is 0 Å². The van der Waals surface area contributed by atoms with Crippen LogP contribution in [-0.4, -0.2) is 18.2 Å². The molecule has 0 aromatic heterocycles. The average molecular weight is 221 g/mol. The molecule has 16 heavy (non-hydrogen) atoms. The summed E-state index contributed by atoms with van der Waals surface area (Å²) in [7, 11) is 0. The Morgan fingerprint density at radius 3 is 2.69 bits per heavy atom. The molecule has 0 spiro atoms. The number of hydrogen-bond acceptors (Lipinski definition) is 2. The fraction of sp³-hybridized carbons (Fsp3) is 0.571. The molecule has 0 radical (unpaired) electrons. The first-order valence-corrected chi connectivity index (χ1v) is 6.11. The van der Waals surface area contributed by atoms with Gasteiger partial charge >= 0.3 is 0 Å². The molecule has 0 heterocycles. The monoisotopic (exact) mass is 221 g/mol. The number of hydrogen-bond donors (Lipinski definition) is 2. The molecule has 0 aliphatic rings. The van der Waals surface area contributed by atoms with Crippen LogP contribution in [0, 0.1) is 13.8 Å². The van der Waals surface area contributed by atoms with E-state index in [4.69, 9.17) is 0 Å². The number of nitrogens with one attached hydrogen (secondary N) is 1. The topological polar surface area (TPSA) is 32.3 Å². The van der Waals surface area contributed by atoms with Gasteiger partial charge in [0.2, 0.25) is 0 Å². The van der Waals surface area contributed by atoms with Crippen molar-refractivity contribution >= 4 is 0 Å². The van der Waals surface area contributed by atoms with Crippen molar-refractivity contribution in [1.29, 1.82) is 0 Å². The van der Waals surface area contributed by atoms with Crippen LogP contribution in [0.4, 0.5) is 0 Å². The summed E-state index contributed by atoms with van der Waals surface area (Å²) in [6.45, 7) is 8.17. The minimum absolute atomic E-state index is 0.343. The molecule has 2 N–H and O–H groups in total. The molecule has 0 saturated carbocycles. The third-order valence-electron chi connectivity index (χ3n) is 2.82. The lowest BCUT2D eigenvalue weighted by molar-refractivity contribution is 0.166. The van der Waals surface area contributed by atoms with Crippen LogP contribution >= 0.6 is 0 Å². The molecule has 0 aliphatic carbocycles. The predicted octanol–water partition coefficient (Wildman–Crippen LogP) is 2.73. The second-order valence-electron chi connectivity index (χ2n) is 4.41. The number of benzene rings is 1. The normalized spacial score (nSPS) is 12.8. The Kier molecular flexibility index (Phi) is 5.50. The molecule has 1 aromatic rings. The molecule has 0 amide bonds. The Morgan fingerprint density at radius 1 is 1.25 bits per heavy atom. The number of aliphatic hydroxyl groups is 1. The summed E-state index contributed by atoms with van der Waals surface area (Å²) in [6, 6.07) is 6.24. The number of rotatable bonds is 6. The van der Waals surface area contributed by atoms with E-state index in [9.17, 15) is 5.11 Å². The molecule has 1 unspecified atom stereocenters. The van der Waals surface area contributed by atoms with Gasteiger partial charge in [0.15, 0.2) is 0 Å². The molecule has 90 valence electrons. The van der Waals surface area contributed by atoms with E-state index in [1.54, 1.807) is 0 Å². The SMILES string of the molecule is CCCNCCC(O)c1cc(C)ccc1C. The van der Waals surface area contributed by atoms with E-state index in [1.807, 2.05) is 0 Å². The van der Waals surface area contributed by atoms with Crippen LogP contribution < -0.4 is 5.32 Å². The maximum Gasteiger partial charge on any atom is 0.0804 e. The summed E-state index contributed by atoms with van der Waals surface area (Å²) in [5.41, 5.74) is 3.45. The lowest BCUT2D eigenvalue weighted by Gasteiger charge is -2.14. The van der Waals surface area contributed by atoms with Crippen molar-refractivity contribution in [2.75, 3.05) is 13.1 Å². The standard InChI is InChI=1S/C14H23NO/c1-4-8-15-9-7-14(16)13-10-11(2)5-6-12(13)3/h5-6,10,14-16H,4,7-9H2,1-3H3. The smallest absolute Gasteiger partial charge is 0.0804 e. The van der Waals surface area contributed by atoms with Crippen LogP contribution in [0.2, 0.25) is 0 Å². The van der Waals surface area contributed by atoms with Gasteiger partial charge in [-0.2, -0.15) is 0 Å². The van der Waals surface area contributed by atoms with E-state index in [0.29, 0.717) is 0 Å². The van der Waals surface area contributed by atoms with Gasteiger partial charge in [-0.25, -0.2) is 0 Å². The van der Waals surface area contributed by atoms with Gasteiger partial charge in [-0.05, 0) is 50.9 Å². The van der Waals surface area contributed by atoms with Gasteiger partial charge in [-0.1, -0.05) is 30.7 Å². The van der Waals surface area contributed by atoms with Crippen molar-refractivity contribution in [2.24, 2.45) is 0 Å². The highest BCUT2D eigenvalue weighted by molar-refractivity contribution is 5.32. The van der Waals surface area contributed by atoms with Gasteiger partial charge in [0.05, 0.1) is 6.10 Å². The first-order chi connectivity index (χ1) is 7.65. The third kappa shape index (κ3) is 3.95. The zero-order valence-corrected chi connectivity index (χ0v) is 10.6. The molecular formula is C14H23NO. The summed E-state index contributed by atoms with van der Waals surface area (Å²) in [6.07, 6.45) is 1.58. The van der Waals surface area contributed by atoms with Crippen LogP contribution in [0.15, 0.2) is 18.2 Å². The fourth-order valence-corrected chi connectivity index (χ4v) is 1.81. The van der Waals surface area contributed by atoms with Gasteiger partial charge in [0.1, 0.15) is 0 Å². The van der Waals surface area contributed by atoms with Crippen LogP contribution in [0.25, 0.3) is 0 Å². The minimum Gasteiger partial charge on any atom is -0.388 e. The highest BCUT2D eigenvalue weighted by atomic mass is 16.3. The lowest BCUT2D eigenvalue weighted by atomic mass is 9.99. The second kappa shape index (κ2) is 6.66. The Morgan fingerprint density at radius 2 is 2.00 bits per heavy atom. The van der Waals surface area contributed by atoms with Gasteiger partial charge in [0, 0.05) is 0 Å². The highest BCUT2D eigenvalue weighted by Gasteiger charge is 2.09. The van der Waals surface area contributed by atoms with Crippen molar-refractivity contribution in [3.63, 3.8) is 0 Å². The largest absolute Gasteiger partial charge is 0.388 e. The molecule has 1 rings (SSSR count). The zero-order valence-electron chi connectivity index (χ0n) is 10.6. The van der Waals surface area contributed by atoms with Crippen molar-refractivity contribution < 1.29 is 5.11 Å². The maximum atomic E-state index is 10.1. The van der Waals surface area contributed by atoms with E-state index in [1.165, 1.54) is 11.1 Å². The van der Waals surface area contributed by atoms with Gasteiger partial charge in [-0.3, -0.25) is 0 Å². The summed E-state index contributed by atoms with van der Waals surface area (Å²) in [5.74, 6) is 0. The summed E-state index contributed by atoms with van der Waals surface area (Å²) >= 11 is 0. The van der Waals surface area contributed by atoms with Crippen molar-refractivity contribution in [3.8, 4) is 0 Å². The van der Waals surface area contributed by atoms with Crippen LogP contribution in [0.5, 0.6) is 0 Å². The summed E-state index contributed by atoms with van der Waals surface area (Å²) in [4.78, 5) is 0. The minimum atomic E-state index is -0.343. The van der Waals surface area contributed by atoms with Gasteiger partial charge < -0.3 is 10.4 Å². The van der Waals surface area contributed by atoms with E-state index < -0.39 is 0 Å². The van der Waals surface area contributed by atoms with Crippen molar-refractivity contribution in [3.05, 3.63) is 34.9 Å². The van der Waals surface area contributed by atoms with E-state index in [-0.39, 0.29) is 6.10 Å². The van der Waals surface area contributed by atoms with Crippen LogP contribution in [0.3, 0.4) is 0 Å². The molecule has 0 bridgehead atoms. The van der Waals surface area contributed by atoms with Crippen molar-refractivity contribution in [1.82, 2.24) is 5.32 Å². The first kappa shape index (κ1) is 13.2. The van der Waals surface area contributed by atoms with Gasteiger partial charge in [-0.15, -0.1) is 0 Å². The van der Waals surface area contributed by atoms with E-state index in [0.717, 1.165) is 31.5 Å². The molecular weight excluding hydrogens is 198 g/mol. The molecule has 0 fully saturated rings. The third-order valence-corrected chi connectivity index (χ3v) is 2.82. The molecule has 1 aromatic carbocycles. The number of aryl methyl sites for hydroxylation is 2. The summed E-state index contributed by atoms with van der Waals surface area (Å²) in [5, 5.41) is 13.4. The molecule has 0 saturated heterocycles. The van der Waals surface area contributed by atoms with Crippen LogP contribution in [0.1, 0.15) is 42.6 Å². The molecule has 2 heteroatoms. The Bertz CT molecular complexity index is 323. The molecule has 0 aliphatic heterocycles. The lowest BCUT2D eigenvalue weighted by Crippen LogP contribution is -2.18. The molecule has 1 atom stereocenters. The Balaban J connectivity index is 2.51. The fourth-order valence-electron chi connectivity index (χ4n) is 1.81. The van der Waals surface area contributed by atoms with Gasteiger partial charge in [0.25, 0.3) is 0 Å².